The summed E-state index contributed by atoms with van der Waals surface area (Å²) in [5.74, 6) is -0.0785. The lowest BCUT2D eigenvalue weighted by molar-refractivity contribution is -0.116. The van der Waals surface area contributed by atoms with Crippen LogP contribution in [0.1, 0.15) is 45.1 Å². The average Bonchev–Trinajstić information content (AvgIpc) is 3.09. The Bertz CT molecular complexity index is 1840. The highest BCUT2D eigenvalue weighted by molar-refractivity contribution is 6.10. The molecular formula is C42H40N2O3. The van der Waals surface area contributed by atoms with Gasteiger partial charge in [-0.25, -0.2) is 0 Å². The Kier molecular flexibility index (Phi) is 12.4. The number of benzene rings is 5. The highest BCUT2D eigenvalue weighted by Crippen LogP contribution is 2.21. The molecule has 0 aliphatic carbocycles. The van der Waals surface area contributed by atoms with Crippen LogP contribution in [0.4, 0.5) is 5.69 Å². The van der Waals surface area contributed by atoms with E-state index in [0.29, 0.717) is 28.9 Å². The van der Waals surface area contributed by atoms with E-state index in [0.717, 1.165) is 22.3 Å². The zero-order chi connectivity index (χ0) is 33.6. The Balaban J connectivity index is 0.000000385. The normalized spacial score (nSPS) is 10.4. The molecule has 2 N–H and O–H groups in total. The molecule has 5 aromatic carbocycles. The molecule has 1 amide bonds. The van der Waals surface area contributed by atoms with E-state index in [2.05, 4.69) is 41.5 Å². The maximum Gasteiger partial charge on any atom is 0.243 e. The van der Waals surface area contributed by atoms with E-state index in [1.165, 1.54) is 11.1 Å². The Morgan fingerprint density at radius 2 is 1.34 bits per heavy atom. The molecule has 0 saturated carbocycles. The molecule has 5 heteroatoms. The van der Waals surface area contributed by atoms with E-state index in [1.54, 1.807) is 31.2 Å². The van der Waals surface area contributed by atoms with Gasteiger partial charge in [0.05, 0.1) is 6.54 Å². The van der Waals surface area contributed by atoms with Crippen LogP contribution in [0.25, 0.3) is 17.2 Å². The second-order valence-electron chi connectivity index (χ2n) is 11.3. The van der Waals surface area contributed by atoms with E-state index < -0.39 is 0 Å². The molecule has 0 fully saturated rings. The van der Waals surface area contributed by atoms with Gasteiger partial charge in [-0.3, -0.25) is 14.4 Å². The lowest BCUT2D eigenvalue weighted by Gasteiger charge is -2.11. The number of amides is 1. The number of Topliss-reactive ketones (excluding diaryl/α,β-unsaturated/α-hetero) is 1. The largest absolute Gasteiger partial charge is 0.377 e. The van der Waals surface area contributed by atoms with E-state index in [1.807, 2.05) is 105 Å². The molecule has 5 aromatic rings. The van der Waals surface area contributed by atoms with Crippen LogP contribution in [0.15, 0.2) is 146 Å². The number of anilines is 1. The van der Waals surface area contributed by atoms with Gasteiger partial charge in [-0.1, -0.05) is 133 Å². The molecule has 5 nitrogen and oxygen atoms in total. The summed E-state index contributed by atoms with van der Waals surface area (Å²) >= 11 is 0. The fraction of sp³-hybridized carbons (Fsp3) is 0.119. The average molecular weight is 621 g/mol. The van der Waals surface area contributed by atoms with Crippen molar-refractivity contribution in [1.82, 2.24) is 5.32 Å². The summed E-state index contributed by atoms with van der Waals surface area (Å²) in [5.41, 5.74) is 8.95. The monoisotopic (exact) mass is 620 g/mol. The van der Waals surface area contributed by atoms with Crippen LogP contribution in [0, 0.1) is 13.8 Å². The molecule has 47 heavy (non-hydrogen) atoms. The number of ketones is 2. The van der Waals surface area contributed by atoms with Crippen molar-refractivity contribution in [1.29, 1.82) is 0 Å². The molecule has 0 atom stereocenters. The Morgan fingerprint density at radius 1 is 0.723 bits per heavy atom. The second kappa shape index (κ2) is 17.0. The van der Waals surface area contributed by atoms with Crippen LogP contribution in [-0.4, -0.2) is 24.0 Å². The van der Waals surface area contributed by atoms with Gasteiger partial charge in [0.15, 0.2) is 5.78 Å². The first-order valence-electron chi connectivity index (χ1n) is 15.5. The highest BCUT2D eigenvalue weighted by Gasteiger charge is 2.13. The van der Waals surface area contributed by atoms with Crippen molar-refractivity contribution in [3.63, 3.8) is 0 Å². The second-order valence-corrected chi connectivity index (χ2v) is 11.3. The molecule has 0 aliphatic rings. The van der Waals surface area contributed by atoms with Crippen molar-refractivity contribution >= 4 is 29.2 Å². The van der Waals surface area contributed by atoms with Gasteiger partial charge in [-0.2, -0.15) is 0 Å². The first-order chi connectivity index (χ1) is 22.7. The molecule has 0 saturated heterocycles. The molecule has 0 unspecified atom stereocenters. The summed E-state index contributed by atoms with van der Waals surface area (Å²) in [6.07, 6.45) is 4.34. The first kappa shape index (κ1) is 34.1. The van der Waals surface area contributed by atoms with Gasteiger partial charge in [0, 0.05) is 28.9 Å². The molecule has 0 aromatic heterocycles. The van der Waals surface area contributed by atoms with Crippen molar-refractivity contribution in [3.05, 3.63) is 179 Å². The number of nitrogens with one attached hydrogen (secondary N) is 2. The molecule has 0 spiro atoms. The minimum Gasteiger partial charge on any atom is -0.377 e. The maximum absolute atomic E-state index is 12.9. The summed E-state index contributed by atoms with van der Waals surface area (Å²) in [4.78, 5) is 36.0. The van der Waals surface area contributed by atoms with Gasteiger partial charge in [-0.05, 0) is 66.8 Å². The van der Waals surface area contributed by atoms with E-state index in [-0.39, 0.29) is 24.0 Å². The summed E-state index contributed by atoms with van der Waals surface area (Å²) in [5, 5.41) is 5.87. The minimum absolute atomic E-state index is 0.0615. The molecule has 5 rings (SSSR count). The summed E-state index contributed by atoms with van der Waals surface area (Å²) < 4.78 is 0. The predicted octanol–water partition coefficient (Wildman–Crippen LogP) is 8.77. The van der Waals surface area contributed by atoms with E-state index >= 15 is 0 Å². The van der Waals surface area contributed by atoms with Crippen LogP contribution in [-0.2, 0) is 16.0 Å². The van der Waals surface area contributed by atoms with Crippen LogP contribution in [0.5, 0.6) is 0 Å². The van der Waals surface area contributed by atoms with Crippen molar-refractivity contribution in [2.24, 2.45) is 0 Å². The Morgan fingerprint density at radius 3 is 1.98 bits per heavy atom. The smallest absolute Gasteiger partial charge is 0.243 e. The fourth-order valence-corrected chi connectivity index (χ4v) is 4.75. The van der Waals surface area contributed by atoms with Gasteiger partial charge in [0.25, 0.3) is 0 Å². The standard InChI is InChI=1S/C32H28N2O2.C10H12O/c1-23-13-20-29(21-30(23)32(36)28-11-7-4-8-12-28)34-31(35)22-33-24(2)14-15-25-16-18-27(19-17-25)26-9-5-3-6-10-26;1-8-3-5-10(6-4-8)7-9(2)11/h3-21,33H,2,22H2,1H3,(H,34,35);3-6H,7H2,1-2H3/b15-14+;. The van der Waals surface area contributed by atoms with Crippen molar-refractivity contribution in [2.45, 2.75) is 27.2 Å². The molecule has 0 radical (unpaired) electrons. The van der Waals surface area contributed by atoms with Crippen molar-refractivity contribution in [3.8, 4) is 11.1 Å². The molecule has 236 valence electrons. The number of aryl methyl sites for hydroxylation is 2. The van der Waals surface area contributed by atoms with Crippen LogP contribution in [0.3, 0.4) is 0 Å². The lowest BCUT2D eigenvalue weighted by Crippen LogP contribution is -2.27. The Labute approximate surface area is 277 Å². The van der Waals surface area contributed by atoms with Gasteiger partial charge >= 0.3 is 0 Å². The quantitative estimate of drug-likeness (QED) is 0.114. The lowest BCUT2D eigenvalue weighted by atomic mass is 9.98. The minimum atomic E-state index is -0.223. The van der Waals surface area contributed by atoms with Crippen molar-refractivity contribution in [2.75, 3.05) is 11.9 Å². The summed E-state index contributed by atoms with van der Waals surface area (Å²) in [7, 11) is 0. The van der Waals surface area contributed by atoms with E-state index in [4.69, 9.17) is 0 Å². The van der Waals surface area contributed by atoms with Crippen molar-refractivity contribution < 1.29 is 14.4 Å². The van der Waals surface area contributed by atoms with E-state index in [9.17, 15) is 14.4 Å². The van der Waals surface area contributed by atoms with Crippen LogP contribution >= 0.6 is 0 Å². The van der Waals surface area contributed by atoms with Gasteiger partial charge in [0.1, 0.15) is 5.78 Å². The molecule has 0 heterocycles. The van der Waals surface area contributed by atoms with Crippen LogP contribution in [0.2, 0.25) is 0 Å². The third-order valence-corrected chi connectivity index (χ3v) is 7.35. The maximum atomic E-state index is 12.9. The number of rotatable bonds is 11. The topological polar surface area (TPSA) is 75.3 Å². The number of allylic oxidation sites excluding steroid dienone is 1. The van der Waals surface area contributed by atoms with Gasteiger partial charge < -0.3 is 10.6 Å². The molecule has 0 bridgehead atoms. The highest BCUT2D eigenvalue weighted by atomic mass is 16.2. The number of carbonyl (C=O) groups excluding carboxylic acids is 3. The Hall–Kier alpha value is -5.81. The molecular weight excluding hydrogens is 580 g/mol. The first-order valence-corrected chi connectivity index (χ1v) is 15.5. The summed E-state index contributed by atoms with van der Waals surface area (Å²) in [6, 6.07) is 41.0. The molecule has 0 aliphatic heterocycles. The van der Waals surface area contributed by atoms with Crippen LogP contribution < -0.4 is 10.6 Å². The fourth-order valence-electron chi connectivity index (χ4n) is 4.75. The number of hydrogen-bond donors (Lipinski definition) is 2. The zero-order valence-electron chi connectivity index (χ0n) is 27.1. The van der Waals surface area contributed by atoms with Gasteiger partial charge in [0.2, 0.25) is 5.91 Å². The predicted molar refractivity (Wildman–Crippen MR) is 193 cm³/mol. The third-order valence-electron chi connectivity index (χ3n) is 7.35. The number of hydrogen-bond acceptors (Lipinski definition) is 4. The third kappa shape index (κ3) is 10.9. The SMILES string of the molecule is C=C(/C=C/c1ccc(-c2ccccc2)cc1)NCC(=O)Nc1ccc(C)c(C(=O)c2ccccc2)c1.CC(=O)Cc1ccc(C)cc1. The zero-order valence-corrected chi connectivity index (χ0v) is 27.1. The summed E-state index contributed by atoms with van der Waals surface area (Å²) in [6.45, 7) is 9.57. The van der Waals surface area contributed by atoms with Gasteiger partial charge in [-0.15, -0.1) is 0 Å². The number of carbonyl (C=O) groups is 3.